The van der Waals surface area contributed by atoms with Crippen LogP contribution in [0.4, 0.5) is 8.78 Å². The SMILES string of the molecule is CCCN[C@@H](C)c1ccc(F)c(F)c1. The van der Waals surface area contributed by atoms with Crippen molar-refractivity contribution in [1.29, 1.82) is 0 Å². The molecule has 1 aromatic rings. The number of nitrogens with one attached hydrogen (secondary N) is 1. The van der Waals surface area contributed by atoms with Crippen LogP contribution < -0.4 is 5.32 Å². The highest BCUT2D eigenvalue weighted by Gasteiger charge is 2.07. The lowest BCUT2D eigenvalue weighted by molar-refractivity contribution is 0.500. The zero-order valence-electron chi connectivity index (χ0n) is 8.48. The molecule has 3 heteroatoms. The Hall–Kier alpha value is -0.960. The van der Waals surface area contributed by atoms with Crippen LogP contribution in [0.25, 0.3) is 0 Å². The molecule has 0 spiro atoms. The lowest BCUT2D eigenvalue weighted by atomic mass is 10.1. The Balaban J connectivity index is 2.70. The predicted octanol–water partition coefficient (Wildman–Crippen LogP) is 3.03. The topological polar surface area (TPSA) is 12.0 Å². The van der Waals surface area contributed by atoms with Crippen LogP contribution in [0.5, 0.6) is 0 Å². The summed E-state index contributed by atoms with van der Waals surface area (Å²) >= 11 is 0. The molecular formula is C11H15F2N. The third-order valence-corrected chi connectivity index (χ3v) is 2.14. The fourth-order valence-corrected chi connectivity index (χ4v) is 1.26. The molecule has 0 aliphatic carbocycles. The number of rotatable bonds is 4. The van der Waals surface area contributed by atoms with Gasteiger partial charge in [0.05, 0.1) is 0 Å². The average molecular weight is 199 g/mol. The Bertz CT molecular complexity index is 299. The minimum Gasteiger partial charge on any atom is -0.310 e. The molecule has 0 radical (unpaired) electrons. The van der Waals surface area contributed by atoms with Gasteiger partial charge in [0.25, 0.3) is 0 Å². The second kappa shape index (κ2) is 5.05. The van der Waals surface area contributed by atoms with Gasteiger partial charge < -0.3 is 5.32 Å². The van der Waals surface area contributed by atoms with Crippen molar-refractivity contribution >= 4 is 0 Å². The standard InChI is InChI=1S/C11H15F2N/c1-3-6-14-8(2)9-4-5-10(12)11(13)7-9/h4-5,7-8,14H,3,6H2,1-2H3/t8-/m0/s1. The van der Waals surface area contributed by atoms with Crippen LogP contribution in [0.3, 0.4) is 0 Å². The average Bonchev–Trinajstić information content (AvgIpc) is 2.18. The van der Waals surface area contributed by atoms with Crippen molar-refractivity contribution in [2.24, 2.45) is 0 Å². The lowest BCUT2D eigenvalue weighted by Gasteiger charge is -2.13. The predicted molar refractivity (Wildman–Crippen MR) is 53.1 cm³/mol. The van der Waals surface area contributed by atoms with Crippen molar-refractivity contribution in [2.45, 2.75) is 26.3 Å². The van der Waals surface area contributed by atoms with Crippen LogP contribution in [0.15, 0.2) is 18.2 Å². The molecule has 0 saturated carbocycles. The Morgan fingerprint density at radius 3 is 2.57 bits per heavy atom. The molecule has 1 rings (SSSR count). The fourth-order valence-electron chi connectivity index (χ4n) is 1.26. The van der Waals surface area contributed by atoms with Gasteiger partial charge in [-0.05, 0) is 37.6 Å². The first-order chi connectivity index (χ1) is 6.65. The smallest absolute Gasteiger partial charge is 0.159 e. The molecule has 1 atom stereocenters. The summed E-state index contributed by atoms with van der Waals surface area (Å²) in [6.07, 6.45) is 1.02. The molecule has 1 aromatic carbocycles. The summed E-state index contributed by atoms with van der Waals surface area (Å²) in [6, 6.07) is 4.06. The van der Waals surface area contributed by atoms with E-state index in [1.807, 2.05) is 6.92 Å². The summed E-state index contributed by atoms with van der Waals surface area (Å²) in [7, 11) is 0. The van der Waals surface area contributed by atoms with Crippen LogP contribution in [0.1, 0.15) is 31.9 Å². The van der Waals surface area contributed by atoms with E-state index in [-0.39, 0.29) is 6.04 Å². The quantitative estimate of drug-likeness (QED) is 0.786. The fraction of sp³-hybridized carbons (Fsp3) is 0.455. The molecule has 0 aromatic heterocycles. The van der Waals surface area contributed by atoms with Gasteiger partial charge in [-0.3, -0.25) is 0 Å². The summed E-state index contributed by atoms with van der Waals surface area (Å²) in [4.78, 5) is 0. The van der Waals surface area contributed by atoms with E-state index in [2.05, 4.69) is 12.2 Å². The van der Waals surface area contributed by atoms with Crippen molar-refractivity contribution in [3.63, 3.8) is 0 Å². The van der Waals surface area contributed by atoms with Crippen molar-refractivity contribution in [3.05, 3.63) is 35.4 Å². The number of halogens is 2. The van der Waals surface area contributed by atoms with E-state index in [4.69, 9.17) is 0 Å². The Labute approximate surface area is 83.1 Å². The van der Waals surface area contributed by atoms with Gasteiger partial charge >= 0.3 is 0 Å². The van der Waals surface area contributed by atoms with Crippen LogP contribution in [-0.4, -0.2) is 6.54 Å². The molecule has 0 amide bonds. The van der Waals surface area contributed by atoms with E-state index < -0.39 is 11.6 Å². The van der Waals surface area contributed by atoms with Crippen LogP contribution in [0.2, 0.25) is 0 Å². The van der Waals surface area contributed by atoms with Gasteiger partial charge in [0.2, 0.25) is 0 Å². The lowest BCUT2D eigenvalue weighted by Crippen LogP contribution is -2.19. The van der Waals surface area contributed by atoms with Crippen molar-refractivity contribution in [3.8, 4) is 0 Å². The summed E-state index contributed by atoms with van der Waals surface area (Å²) in [6.45, 7) is 4.87. The maximum absolute atomic E-state index is 12.9. The van der Waals surface area contributed by atoms with Crippen molar-refractivity contribution in [2.75, 3.05) is 6.54 Å². The van der Waals surface area contributed by atoms with Gasteiger partial charge in [-0.1, -0.05) is 13.0 Å². The summed E-state index contributed by atoms with van der Waals surface area (Å²) in [5, 5.41) is 3.21. The zero-order valence-corrected chi connectivity index (χ0v) is 8.48. The molecular weight excluding hydrogens is 184 g/mol. The molecule has 0 bridgehead atoms. The van der Waals surface area contributed by atoms with Gasteiger partial charge in [0.15, 0.2) is 11.6 Å². The molecule has 0 heterocycles. The molecule has 0 unspecified atom stereocenters. The molecule has 0 aliphatic heterocycles. The molecule has 78 valence electrons. The molecule has 0 saturated heterocycles. The summed E-state index contributed by atoms with van der Waals surface area (Å²) < 4.78 is 25.5. The van der Waals surface area contributed by atoms with E-state index in [1.165, 1.54) is 6.07 Å². The highest BCUT2D eigenvalue weighted by molar-refractivity contribution is 5.20. The molecule has 1 N–H and O–H groups in total. The Morgan fingerprint density at radius 2 is 2.00 bits per heavy atom. The first-order valence-electron chi connectivity index (χ1n) is 4.83. The van der Waals surface area contributed by atoms with Gasteiger partial charge in [0.1, 0.15) is 0 Å². The third-order valence-electron chi connectivity index (χ3n) is 2.14. The molecule has 0 aliphatic rings. The molecule has 0 fully saturated rings. The summed E-state index contributed by atoms with van der Waals surface area (Å²) in [5.74, 6) is -1.58. The van der Waals surface area contributed by atoms with Crippen molar-refractivity contribution in [1.82, 2.24) is 5.32 Å². The van der Waals surface area contributed by atoms with Gasteiger partial charge in [-0.2, -0.15) is 0 Å². The Morgan fingerprint density at radius 1 is 1.29 bits per heavy atom. The minimum absolute atomic E-state index is 0.0602. The van der Waals surface area contributed by atoms with E-state index in [0.717, 1.165) is 24.6 Å². The minimum atomic E-state index is -0.795. The van der Waals surface area contributed by atoms with E-state index in [9.17, 15) is 8.78 Å². The van der Waals surface area contributed by atoms with Crippen molar-refractivity contribution < 1.29 is 8.78 Å². The van der Waals surface area contributed by atoms with Crippen LogP contribution in [-0.2, 0) is 0 Å². The van der Waals surface area contributed by atoms with E-state index in [0.29, 0.717) is 0 Å². The molecule has 1 nitrogen and oxygen atoms in total. The first-order valence-corrected chi connectivity index (χ1v) is 4.83. The monoisotopic (exact) mass is 199 g/mol. The maximum atomic E-state index is 12.9. The number of hydrogen-bond acceptors (Lipinski definition) is 1. The number of hydrogen-bond donors (Lipinski definition) is 1. The second-order valence-electron chi connectivity index (χ2n) is 3.35. The normalized spacial score (nSPS) is 12.9. The maximum Gasteiger partial charge on any atom is 0.159 e. The van der Waals surface area contributed by atoms with Gasteiger partial charge in [0, 0.05) is 6.04 Å². The largest absolute Gasteiger partial charge is 0.310 e. The highest BCUT2D eigenvalue weighted by Crippen LogP contribution is 2.15. The number of benzene rings is 1. The van der Waals surface area contributed by atoms with Crippen LogP contribution >= 0.6 is 0 Å². The van der Waals surface area contributed by atoms with E-state index in [1.54, 1.807) is 6.07 Å². The van der Waals surface area contributed by atoms with Gasteiger partial charge in [-0.15, -0.1) is 0 Å². The highest BCUT2D eigenvalue weighted by atomic mass is 19.2. The first kappa shape index (κ1) is 11.1. The summed E-state index contributed by atoms with van der Waals surface area (Å²) in [5.41, 5.74) is 0.775. The van der Waals surface area contributed by atoms with Gasteiger partial charge in [-0.25, -0.2) is 8.78 Å². The van der Waals surface area contributed by atoms with Crippen LogP contribution in [0, 0.1) is 11.6 Å². The zero-order chi connectivity index (χ0) is 10.6. The Kier molecular flexibility index (Phi) is 4.01. The second-order valence-corrected chi connectivity index (χ2v) is 3.35. The third kappa shape index (κ3) is 2.77. The molecule has 14 heavy (non-hydrogen) atoms. The van der Waals surface area contributed by atoms with E-state index >= 15 is 0 Å².